The molecule has 1 amide bonds. The standard InChI is InChI=1S/C17H17ClFNO/c18-15-7-3-14(4-8-15)12-17(21)20-11-1-2-13-5-9-16(19)10-6-13/h3-10H,1-2,11-12H2,(H,20,21). The molecule has 4 heteroatoms. The Labute approximate surface area is 128 Å². The Morgan fingerprint density at radius 1 is 1.00 bits per heavy atom. The number of benzene rings is 2. The summed E-state index contributed by atoms with van der Waals surface area (Å²) in [7, 11) is 0. The lowest BCUT2D eigenvalue weighted by Crippen LogP contribution is -2.26. The van der Waals surface area contributed by atoms with Gasteiger partial charge in [0.1, 0.15) is 5.82 Å². The molecule has 21 heavy (non-hydrogen) atoms. The van der Waals surface area contributed by atoms with Crippen LogP contribution in [0, 0.1) is 5.82 Å². The summed E-state index contributed by atoms with van der Waals surface area (Å²) < 4.78 is 12.7. The number of hydrogen-bond donors (Lipinski definition) is 1. The van der Waals surface area contributed by atoms with Crippen LogP contribution in [0.2, 0.25) is 5.02 Å². The summed E-state index contributed by atoms with van der Waals surface area (Å²) >= 11 is 5.79. The highest BCUT2D eigenvalue weighted by Crippen LogP contribution is 2.10. The maximum absolute atomic E-state index is 12.7. The topological polar surface area (TPSA) is 29.1 Å². The van der Waals surface area contributed by atoms with Crippen molar-refractivity contribution in [1.29, 1.82) is 0 Å². The van der Waals surface area contributed by atoms with Crippen LogP contribution in [0.4, 0.5) is 4.39 Å². The van der Waals surface area contributed by atoms with Gasteiger partial charge in [-0.15, -0.1) is 0 Å². The number of halogens is 2. The zero-order valence-corrected chi connectivity index (χ0v) is 12.4. The van der Waals surface area contributed by atoms with Gasteiger partial charge < -0.3 is 5.32 Å². The second-order valence-electron chi connectivity index (χ2n) is 4.88. The van der Waals surface area contributed by atoms with E-state index in [0.29, 0.717) is 18.0 Å². The monoisotopic (exact) mass is 305 g/mol. The van der Waals surface area contributed by atoms with Crippen molar-refractivity contribution in [2.75, 3.05) is 6.54 Å². The van der Waals surface area contributed by atoms with Gasteiger partial charge in [-0.05, 0) is 48.2 Å². The van der Waals surface area contributed by atoms with Gasteiger partial charge in [0.15, 0.2) is 0 Å². The van der Waals surface area contributed by atoms with Gasteiger partial charge in [0.05, 0.1) is 6.42 Å². The Balaban J connectivity index is 1.67. The van der Waals surface area contributed by atoms with Gasteiger partial charge >= 0.3 is 0 Å². The van der Waals surface area contributed by atoms with Crippen molar-refractivity contribution >= 4 is 17.5 Å². The predicted octanol–water partition coefficient (Wildman–Crippen LogP) is 3.77. The minimum absolute atomic E-state index is 0.00331. The maximum atomic E-state index is 12.7. The zero-order valence-electron chi connectivity index (χ0n) is 11.6. The SMILES string of the molecule is O=C(Cc1ccc(Cl)cc1)NCCCc1ccc(F)cc1. The quantitative estimate of drug-likeness (QED) is 0.809. The minimum Gasteiger partial charge on any atom is -0.356 e. The lowest BCUT2D eigenvalue weighted by molar-refractivity contribution is -0.120. The molecule has 0 saturated carbocycles. The van der Waals surface area contributed by atoms with E-state index in [1.807, 2.05) is 12.1 Å². The molecule has 2 aromatic rings. The Morgan fingerprint density at radius 2 is 1.62 bits per heavy atom. The van der Waals surface area contributed by atoms with E-state index < -0.39 is 0 Å². The van der Waals surface area contributed by atoms with E-state index in [2.05, 4.69) is 5.32 Å². The van der Waals surface area contributed by atoms with Crippen LogP contribution in [-0.4, -0.2) is 12.5 Å². The molecule has 110 valence electrons. The molecule has 0 saturated heterocycles. The molecule has 0 radical (unpaired) electrons. The third kappa shape index (κ3) is 5.56. The zero-order chi connectivity index (χ0) is 15.1. The highest BCUT2D eigenvalue weighted by atomic mass is 35.5. The predicted molar refractivity (Wildman–Crippen MR) is 82.9 cm³/mol. The summed E-state index contributed by atoms with van der Waals surface area (Å²) in [5.41, 5.74) is 2.01. The maximum Gasteiger partial charge on any atom is 0.224 e. The minimum atomic E-state index is -0.227. The first-order chi connectivity index (χ1) is 10.1. The molecule has 0 spiro atoms. The first-order valence-electron chi connectivity index (χ1n) is 6.89. The van der Waals surface area contributed by atoms with Crippen molar-refractivity contribution in [2.24, 2.45) is 0 Å². The first-order valence-corrected chi connectivity index (χ1v) is 7.27. The number of hydrogen-bond acceptors (Lipinski definition) is 1. The molecule has 0 aromatic heterocycles. The Kier molecular flexibility index (Phi) is 5.76. The van der Waals surface area contributed by atoms with Crippen LogP contribution in [0.3, 0.4) is 0 Å². The van der Waals surface area contributed by atoms with E-state index in [9.17, 15) is 9.18 Å². The third-order valence-corrected chi connectivity index (χ3v) is 3.41. The summed E-state index contributed by atoms with van der Waals surface area (Å²) in [5.74, 6) is -0.230. The number of carbonyl (C=O) groups is 1. The number of carbonyl (C=O) groups excluding carboxylic acids is 1. The van der Waals surface area contributed by atoms with Crippen molar-refractivity contribution in [3.63, 3.8) is 0 Å². The van der Waals surface area contributed by atoms with Crippen LogP contribution in [0.15, 0.2) is 48.5 Å². The highest BCUT2D eigenvalue weighted by molar-refractivity contribution is 6.30. The van der Waals surface area contributed by atoms with Crippen LogP contribution in [0.5, 0.6) is 0 Å². The summed E-state index contributed by atoms with van der Waals surface area (Å²) in [6.45, 7) is 0.615. The van der Waals surface area contributed by atoms with E-state index in [0.717, 1.165) is 24.0 Å². The molecule has 0 heterocycles. The van der Waals surface area contributed by atoms with Crippen LogP contribution in [-0.2, 0) is 17.6 Å². The van der Waals surface area contributed by atoms with Crippen LogP contribution >= 0.6 is 11.6 Å². The van der Waals surface area contributed by atoms with Crippen LogP contribution in [0.25, 0.3) is 0 Å². The van der Waals surface area contributed by atoms with Gasteiger partial charge in [-0.25, -0.2) is 4.39 Å². The molecular formula is C17H17ClFNO. The van der Waals surface area contributed by atoms with E-state index in [1.165, 1.54) is 12.1 Å². The molecular weight excluding hydrogens is 289 g/mol. The highest BCUT2D eigenvalue weighted by Gasteiger charge is 2.03. The molecule has 0 aliphatic rings. The Hall–Kier alpha value is -1.87. The molecule has 0 aliphatic heterocycles. The van der Waals surface area contributed by atoms with Crippen molar-refractivity contribution in [1.82, 2.24) is 5.32 Å². The van der Waals surface area contributed by atoms with Crippen molar-refractivity contribution in [2.45, 2.75) is 19.3 Å². The van der Waals surface area contributed by atoms with Gasteiger partial charge in [0.25, 0.3) is 0 Å². The fourth-order valence-corrected chi connectivity index (χ4v) is 2.15. The number of amides is 1. The van der Waals surface area contributed by atoms with Gasteiger partial charge in [-0.1, -0.05) is 35.9 Å². The second kappa shape index (κ2) is 7.79. The molecule has 2 nitrogen and oxygen atoms in total. The molecule has 1 N–H and O–H groups in total. The van der Waals surface area contributed by atoms with Crippen LogP contribution < -0.4 is 5.32 Å². The fourth-order valence-electron chi connectivity index (χ4n) is 2.02. The largest absolute Gasteiger partial charge is 0.356 e. The van der Waals surface area contributed by atoms with Gasteiger partial charge in [-0.3, -0.25) is 4.79 Å². The van der Waals surface area contributed by atoms with Crippen LogP contribution in [0.1, 0.15) is 17.5 Å². The van der Waals surface area contributed by atoms with E-state index in [4.69, 9.17) is 11.6 Å². The fraction of sp³-hybridized carbons (Fsp3) is 0.235. The number of nitrogens with one attached hydrogen (secondary N) is 1. The van der Waals surface area contributed by atoms with Gasteiger partial charge in [0.2, 0.25) is 5.91 Å². The summed E-state index contributed by atoms with van der Waals surface area (Å²) in [4.78, 5) is 11.8. The third-order valence-electron chi connectivity index (χ3n) is 3.16. The summed E-state index contributed by atoms with van der Waals surface area (Å²) in [6.07, 6.45) is 2.01. The smallest absolute Gasteiger partial charge is 0.224 e. The Bertz CT molecular complexity index is 581. The average molecular weight is 306 g/mol. The summed E-state index contributed by atoms with van der Waals surface area (Å²) in [5, 5.41) is 3.55. The summed E-state index contributed by atoms with van der Waals surface area (Å²) in [6, 6.07) is 13.7. The van der Waals surface area contributed by atoms with E-state index in [1.54, 1.807) is 24.3 Å². The number of aryl methyl sites for hydroxylation is 1. The first kappa shape index (κ1) is 15.5. The lowest BCUT2D eigenvalue weighted by Gasteiger charge is -2.06. The Morgan fingerprint density at radius 3 is 2.29 bits per heavy atom. The lowest BCUT2D eigenvalue weighted by atomic mass is 10.1. The molecule has 0 bridgehead atoms. The number of rotatable bonds is 6. The second-order valence-corrected chi connectivity index (χ2v) is 5.32. The van der Waals surface area contributed by atoms with Gasteiger partial charge in [0, 0.05) is 11.6 Å². The van der Waals surface area contributed by atoms with Gasteiger partial charge in [-0.2, -0.15) is 0 Å². The van der Waals surface area contributed by atoms with E-state index >= 15 is 0 Å². The molecule has 0 aliphatic carbocycles. The molecule has 2 rings (SSSR count). The normalized spacial score (nSPS) is 10.4. The molecule has 0 unspecified atom stereocenters. The molecule has 2 aromatic carbocycles. The average Bonchev–Trinajstić information content (AvgIpc) is 2.48. The molecule has 0 atom stereocenters. The van der Waals surface area contributed by atoms with Crippen molar-refractivity contribution in [3.05, 3.63) is 70.5 Å². The van der Waals surface area contributed by atoms with Crippen molar-refractivity contribution in [3.8, 4) is 0 Å². The molecule has 0 fully saturated rings. The van der Waals surface area contributed by atoms with E-state index in [-0.39, 0.29) is 11.7 Å². The van der Waals surface area contributed by atoms with Crippen molar-refractivity contribution < 1.29 is 9.18 Å².